The van der Waals surface area contributed by atoms with Crippen LogP contribution in [0.1, 0.15) is 19.4 Å². The number of anilines is 1. The van der Waals surface area contributed by atoms with Crippen molar-refractivity contribution >= 4 is 25.6 Å². The van der Waals surface area contributed by atoms with Crippen molar-refractivity contribution in [3.63, 3.8) is 0 Å². The third kappa shape index (κ3) is 6.79. The van der Waals surface area contributed by atoms with Gasteiger partial charge in [0.05, 0.1) is 6.54 Å². The molecule has 1 heterocycles. The van der Waals surface area contributed by atoms with Gasteiger partial charge in [-0.05, 0) is 6.07 Å². The number of phosphoric acid groups is 1. The summed E-state index contributed by atoms with van der Waals surface area (Å²) in [5.74, 6) is 0.0693. The molecule has 0 saturated heterocycles. The summed E-state index contributed by atoms with van der Waals surface area (Å²) in [6, 6.07) is 3.38. The van der Waals surface area contributed by atoms with E-state index in [0.29, 0.717) is 11.4 Å². The van der Waals surface area contributed by atoms with Crippen LogP contribution in [0.3, 0.4) is 0 Å². The summed E-state index contributed by atoms with van der Waals surface area (Å²) in [7, 11) is -1.68. The number of aromatic nitrogens is 1. The maximum atomic E-state index is 12.1. The predicted molar refractivity (Wildman–Crippen MR) is 88.4 cm³/mol. The number of nitrogens with zero attached hydrogens (tertiary/aromatic N) is 3. The Kier molecular flexibility index (Phi) is 7.50. The molecule has 0 fully saturated rings. The van der Waals surface area contributed by atoms with E-state index in [0.717, 1.165) is 4.90 Å². The molecule has 1 aromatic heterocycles. The Morgan fingerprint density at radius 1 is 1.32 bits per heavy atom. The number of hydrogen-bond donors (Lipinski definition) is 2. The summed E-state index contributed by atoms with van der Waals surface area (Å²) < 4.78 is 19.2. The highest BCUT2D eigenvalue weighted by Crippen LogP contribution is 2.35. The molecule has 11 heteroatoms. The average Bonchev–Trinajstić information content (AvgIpc) is 2.52. The van der Waals surface area contributed by atoms with Crippen molar-refractivity contribution in [3.05, 3.63) is 23.9 Å². The highest BCUT2D eigenvalue weighted by Gasteiger charge is 2.21. The number of amides is 2. The second-order valence-electron chi connectivity index (χ2n) is 5.54. The molecule has 0 aliphatic heterocycles. The number of carbonyl (C=O) groups excluding carboxylic acids is 2. The van der Waals surface area contributed by atoms with Gasteiger partial charge in [0.1, 0.15) is 5.82 Å². The van der Waals surface area contributed by atoms with E-state index in [-0.39, 0.29) is 18.4 Å². The van der Waals surface area contributed by atoms with Crippen LogP contribution < -0.4 is 4.90 Å². The molecule has 0 atom stereocenters. The first kappa shape index (κ1) is 21.0. The highest BCUT2D eigenvalue weighted by molar-refractivity contribution is 7.46. The average molecular weight is 375 g/mol. The third-order valence-electron chi connectivity index (χ3n) is 3.13. The molecule has 1 rings (SSSR count). The Morgan fingerprint density at radius 2 is 1.96 bits per heavy atom. The van der Waals surface area contributed by atoms with E-state index in [1.165, 1.54) is 18.1 Å². The van der Waals surface area contributed by atoms with E-state index in [4.69, 9.17) is 9.79 Å². The zero-order valence-electron chi connectivity index (χ0n) is 14.4. The largest absolute Gasteiger partial charge is 0.472 e. The molecule has 0 aliphatic rings. The summed E-state index contributed by atoms with van der Waals surface area (Å²) in [5.41, 5.74) is 0.606. The van der Waals surface area contributed by atoms with Crippen LogP contribution in [0.25, 0.3) is 0 Å². The van der Waals surface area contributed by atoms with Crippen LogP contribution in [-0.2, 0) is 25.2 Å². The van der Waals surface area contributed by atoms with Crippen LogP contribution in [0.2, 0.25) is 0 Å². The maximum Gasteiger partial charge on any atom is 0.472 e. The molecule has 25 heavy (non-hydrogen) atoms. The number of rotatable bonds is 7. The molecule has 0 spiro atoms. The fourth-order valence-corrected chi connectivity index (χ4v) is 2.11. The molecule has 1 aromatic rings. The van der Waals surface area contributed by atoms with Gasteiger partial charge >= 0.3 is 13.9 Å². The standard InChI is InChI=1S/C14H22N3O7P/c1-10(2)13(18)17(4)12-11(6-5-7-15-12)8-16(3)14(19)23-9-24-25(20,21)22/h5-7,10H,8-9H2,1-4H3,(H2,20,21,22). The number of pyridine rings is 1. The van der Waals surface area contributed by atoms with Crippen LogP contribution >= 0.6 is 7.82 Å². The third-order valence-corrected chi connectivity index (χ3v) is 3.57. The molecule has 2 N–H and O–H groups in total. The first-order valence-corrected chi connectivity index (χ1v) is 8.85. The molecule has 0 radical (unpaired) electrons. The van der Waals surface area contributed by atoms with Crippen LogP contribution in [-0.4, -0.2) is 52.6 Å². The SMILES string of the molecule is CC(C)C(=O)N(C)c1ncccc1CN(C)C(=O)OCOP(=O)(O)O. The Hall–Kier alpha value is -2.00. The fourth-order valence-electron chi connectivity index (χ4n) is 1.92. The van der Waals surface area contributed by atoms with Crippen molar-refractivity contribution in [2.75, 3.05) is 25.8 Å². The topological polar surface area (TPSA) is 130 Å². The lowest BCUT2D eigenvalue weighted by Gasteiger charge is -2.23. The van der Waals surface area contributed by atoms with E-state index in [1.807, 2.05) is 0 Å². The normalized spacial score (nSPS) is 11.3. The number of phosphoric ester groups is 1. The predicted octanol–water partition coefficient (Wildman–Crippen LogP) is 1.34. The van der Waals surface area contributed by atoms with Gasteiger partial charge in [-0.2, -0.15) is 0 Å². The van der Waals surface area contributed by atoms with Gasteiger partial charge < -0.3 is 19.4 Å². The Bertz CT molecular complexity index is 662. The Balaban J connectivity index is 2.77. The van der Waals surface area contributed by atoms with Crippen molar-refractivity contribution < 1.29 is 33.2 Å². The van der Waals surface area contributed by atoms with E-state index < -0.39 is 20.7 Å². The molecule has 0 bridgehead atoms. The second kappa shape index (κ2) is 8.91. The number of ether oxygens (including phenoxy) is 1. The zero-order chi connectivity index (χ0) is 19.2. The fraction of sp³-hybridized carbons (Fsp3) is 0.500. The first-order chi connectivity index (χ1) is 11.5. The van der Waals surface area contributed by atoms with Gasteiger partial charge in [0, 0.05) is 31.8 Å². The van der Waals surface area contributed by atoms with E-state index >= 15 is 0 Å². The minimum atomic E-state index is -4.71. The number of carbonyl (C=O) groups is 2. The minimum absolute atomic E-state index is 0.0770. The first-order valence-electron chi connectivity index (χ1n) is 7.32. The van der Waals surface area contributed by atoms with Crippen molar-refractivity contribution in [3.8, 4) is 0 Å². The second-order valence-corrected chi connectivity index (χ2v) is 6.78. The van der Waals surface area contributed by atoms with Crippen molar-refractivity contribution in [2.24, 2.45) is 5.92 Å². The highest BCUT2D eigenvalue weighted by atomic mass is 31.2. The summed E-state index contributed by atoms with van der Waals surface area (Å²) >= 11 is 0. The summed E-state index contributed by atoms with van der Waals surface area (Å²) in [5, 5.41) is 0. The molecule has 10 nitrogen and oxygen atoms in total. The summed E-state index contributed by atoms with van der Waals surface area (Å²) in [6.45, 7) is 2.74. The molecule has 0 unspecified atom stereocenters. The lowest BCUT2D eigenvalue weighted by molar-refractivity contribution is -0.121. The lowest BCUT2D eigenvalue weighted by Crippen LogP contribution is -2.33. The van der Waals surface area contributed by atoms with Gasteiger partial charge in [-0.25, -0.2) is 18.9 Å². The van der Waals surface area contributed by atoms with E-state index in [1.54, 1.807) is 33.0 Å². The number of hydrogen-bond acceptors (Lipinski definition) is 6. The summed E-state index contributed by atoms with van der Waals surface area (Å²) in [6.07, 6.45) is 0.691. The lowest BCUT2D eigenvalue weighted by atomic mass is 10.1. The molecular formula is C14H22N3O7P. The van der Waals surface area contributed by atoms with Crippen molar-refractivity contribution in [2.45, 2.75) is 20.4 Å². The van der Waals surface area contributed by atoms with Gasteiger partial charge in [0.2, 0.25) is 12.7 Å². The molecule has 0 aliphatic carbocycles. The Morgan fingerprint density at radius 3 is 2.52 bits per heavy atom. The quantitative estimate of drug-likeness (QED) is 0.539. The molecular weight excluding hydrogens is 353 g/mol. The van der Waals surface area contributed by atoms with Gasteiger partial charge in [0.25, 0.3) is 0 Å². The molecule has 2 amide bonds. The van der Waals surface area contributed by atoms with Crippen molar-refractivity contribution in [1.82, 2.24) is 9.88 Å². The molecule has 0 aromatic carbocycles. The van der Waals surface area contributed by atoms with E-state index in [9.17, 15) is 14.2 Å². The van der Waals surface area contributed by atoms with Crippen molar-refractivity contribution in [1.29, 1.82) is 0 Å². The maximum absolute atomic E-state index is 12.1. The van der Waals surface area contributed by atoms with Gasteiger partial charge in [-0.1, -0.05) is 19.9 Å². The zero-order valence-corrected chi connectivity index (χ0v) is 15.3. The van der Waals surface area contributed by atoms with Crippen LogP contribution in [0.4, 0.5) is 10.6 Å². The molecule has 140 valence electrons. The van der Waals surface area contributed by atoms with Gasteiger partial charge in [-0.3, -0.25) is 9.69 Å². The molecule has 0 saturated carbocycles. The van der Waals surface area contributed by atoms with Gasteiger partial charge in [0.15, 0.2) is 0 Å². The van der Waals surface area contributed by atoms with Crippen LogP contribution in [0, 0.1) is 5.92 Å². The monoisotopic (exact) mass is 375 g/mol. The van der Waals surface area contributed by atoms with E-state index in [2.05, 4.69) is 14.2 Å². The smallest absolute Gasteiger partial charge is 0.422 e. The Labute approximate surface area is 145 Å². The summed E-state index contributed by atoms with van der Waals surface area (Å²) in [4.78, 5) is 47.8. The van der Waals surface area contributed by atoms with Crippen LogP contribution in [0.15, 0.2) is 18.3 Å². The van der Waals surface area contributed by atoms with Gasteiger partial charge in [-0.15, -0.1) is 0 Å². The van der Waals surface area contributed by atoms with Crippen LogP contribution in [0.5, 0.6) is 0 Å². The minimum Gasteiger partial charge on any atom is -0.422 e.